The molecule has 2 aromatic rings. The van der Waals surface area contributed by atoms with Crippen molar-refractivity contribution in [3.8, 4) is 0 Å². The highest BCUT2D eigenvalue weighted by Crippen LogP contribution is 2.24. The van der Waals surface area contributed by atoms with Crippen molar-refractivity contribution in [2.24, 2.45) is 0 Å². The Morgan fingerprint density at radius 1 is 1.22 bits per heavy atom. The van der Waals surface area contributed by atoms with Crippen molar-refractivity contribution in [3.63, 3.8) is 0 Å². The molecule has 2 rings (SSSR count). The number of thioether (sulfide) groups is 1. The third kappa shape index (κ3) is 5.25. The van der Waals surface area contributed by atoms with Crippen molar-refractivity contribution >= 4 is 23.3 Å². The van der Waals surface area contributed by atoms with Gasteiger partial charge in [0.2, 0.25) is 0 Å². The van der Waals surface area contributed by atoms with Gasteiger partial charge in [0.1, 0.15) is 5.25 Å². The summed E-state index contributed by atoms with van der Waals surface area (Å²) in [5, 5.41) is 8.78. The third-order valence-corrected chi connectivity index (χ3v) is 4.64. The number of hydrogen-bond acceptors (Lipinski definition) is 3. The molecule has 1 atom stereocenters. The summed E-state index contributed by atoms with van der Waals surface area (Å²) in [7, 11) is 0. The molecule has 1 aromatic carbocycles. The fourth-order valence-electron chi connectivity index (χ4n) is 2.43. The number of carbonyl (C=O) groups is 1. The van der Waals surface area contributed by atoms with Crippen LogP contribution in [0.25, 0.3) is 5.57 Å². The molecule has 0 aliphatic carbocycles. The Morgan fingerprint density at radius 2 is 1.96 bits per heavy atom. The molecule has 0 saturated heterocycles. The lowest BCUT2D eigenvalue weighted by molar-refractivity contribution is -0.136. The van der Waals surface area contributed by atoms with Gasteiger partial charge in [0.15, 0.2) is 0 Å². The number of aromatic nitrogens is 1. The molecule has 1 unspecified atom stereocenters. The quantitative estimate of drug-likeness (QED) is 0.725. The van der Waals surface area contributed by atoms with Crippen molar-refractivity contribution < 1.29 is 9.90 Å². The van der Waals surface area contributed by atoms with E-state index in [0.717, 1.165) is 29.5 Å². The van der Waals surface area contributed by atoms with Gasteiger partial charge < -0.3 is 5.11 Å². The number of aliphatic carboxylic acids is 1. The lowest BCUT2D eigenvalue weighted by Crippen LogP contribution is -2.15. The highest BCUT2D eigenvalue weighted by atomic mass is 32.2. The second kappa shape index (κ2) is 9.16. The van der Waals surface area contributed by atoms with E-state index in [4.69, 9.17) is 5.11 Å². The van der Waals surface area contributed by atoms with Crippen LogP contribution in [0.1, 0.15) is 30.4 Å². The molecule has 1 heterocycles. The molecule has 0 saturated carbocycles. The van der Waals surface area contributed by atoms with E-state index in [1.807, 2.05) is 42.8 Å². The maximum atomic E-state index is 11.1. The molecule has 0 spiro atoms. The smallest absolute Gasteiger partial charge is 0.316 e. The first-order valence-electron chi connectivity index (χ1n) is 7.64. The van der Waals surface area contributed by atoms with Gasteiger partial charge in [-0.1, -0.05) is 42.5 Å². The average molecular weight is 327 g/mol. The van der Waals surface area contributed by atoms with Crippen molar-refractivity contribution in [2.75, 3.05) is 6.26 Å². The monoisotopic (exact) mass is 327 g/mol. The minimum Gasteiger partial charge on any atom is -0.480 e. The Hall–Kier alpha value is -2.07. The van der Waals surface area contributed by atoms with Crippen LogP contribution in [0.4, 0.5) is 0 Å². The lowest BCUT2D eigenvalue weighted by atomic mass is 9.97. The molecule has 0 fully saturated rings. The van der Waals surface area contributed by atoms with Gasteiger partial charge >= 0.3 is 5.97 Å². The number of hydrogen-bond donors (Lipinski definition) is 1. The third-order valence-electron chi connectivity index (χ3n) is 3.64. The van der Waals surface area contributed by atoms with Crippen molar-refractivity contribution in [3.05, 3.63) is 72.1 Å². The number of carboxylic acid groups (broad SMARTS) is 1. The number of nitrogens with zero attached hydrogens (tertiary/aromatic N) is 1. The van der Waals surface area contributed by atoms with Gasteiger partial charge in [0.05, 0.1) is 0 Å². The first kappa shape index (κ1) is 17.3. The Labute approximate surface area is 141 Å². The predicted octanol–water partition coefficient (Wildman–Crippen LogP) is 4.50. The number of pyridine rings is 1. The molecule has 23 heavy (non-hydrogen) atoms. The summed E-state index contributed by atoms with van der Waals surface area (Å²) in [6.45, 7) is 0. The molecule has 3 nitrogen and oxygen atoms in total. The van der Waals surface area contributed by atoms with E-state index in [1.54, 1.807) is 6.20 Å². The molecule has 0 aliphatic rings. The minimum atomic E-state index is -0.725. The highest BCUT2D eigenvalue weighted by Gasteiger charge is 2.14. The normalized spacial score (nSPS) is 12.8. The first-order chi connectivity index (χ1) is 11.2. The summed E-state index contributed by atoms with van der Waals surface area (Å²) in [6, 6.07) is 14.2. The molecule has 0 radical (unpaired) electrons. The summed E-state index contributed by atoms with van der Waals surface area (Å²) in [4.78, 5) is 15.3. The van der Waals surface area contributed by atoms with Crippen LogP contribution in [0.5, 0.6) is 0 Å². The van der Waals surface area contributed by atoms with Crippen LogP contribution in [0.3, 0.4) is 0 Å². The number of unbranched alkanes of at least 4 members (excludes halogenated alkanes) is 1. The Kier molecular flexibility index (Phi) is 6.88. The van der Waals surface area contributed by atoms with Gasteiger partial charge in [-0.05, 0) is 42.7 Å². The summed E-state index contributed by atoms with van der Waals surface area (Å²) in [5.74, 6) is -0.725. The van der Waals surface area contributed by atoms with Gasteiger partial charge in [0.25, 0.3) is 0 Å². The predicted molar refractivity (Wildman–Crippen MR) is 96.5 cm³/mol. The van der Waals surface area contributed by atoms with Crippen molar-refractivity contribution in [2.45, 2.75) is 24.5 Å². The van der Waals surface area contributed by atoms with E-state index < -0.39 is 5.97 Å². The largest absolute Gasteiger partial charge is 0.480 e. The topological polar surface area (TPSA) is 50.2 Å². The van der Waals surface area contributed by atoms with Crippen LogP contribution in [-0.4, -0.2) is 27.6 Å². The van der Waals surface area contributed by atoms with E-state index in [1.165, 1.54) is 11.8 Å². The summed E-state index contributed by atoms with van der Waals surface area (Å²) >= 11 is 1.40. The summed E-state index contributed by atoms with van der Waals surface area (Å²) in [6.07, 6.45) is 10.0. The lowest BCUT2D eigenvalue weighted by Gasteiger charge is -2.10. The zero-order chi connectivity index (χ0) is 16.5. The molecule has 0 bridgehead atoms. The van der Waals surface area contributed by atoms with E-state index in [-0.39, 0.29) is 5.25 Å². The molecule has 1 aromatic heterocycles. The standard InChI is InChI=1S/C19H21NO2S/c1-23-18(19(21)22)12-6-5-11-17(15-8-3-2-4-9-15)16-10-7-13-20-14-16/h2-4,7-11,13-14,18H,5-6,12H2,1H3,(H,21,22)/b17-11+. The molecule has 4 heteroatoms. The van der Waals surface area contributed by atoms with Gasteiger partial charge in [-0.3, -0.25) is 9.78 Å². The second-order valence-corrected chi connectivity index (χ2v) is 6.26. The van der Waals surface area contributed by atoms with Crippen molar-refractivity contribution in [1.29, 1.82) is 0 Å². The number of benzene rings is 1. The molecule has 120 valence electrons. The van der Waals surface area contributed by atoms with Crippen molar-refractivity contribution in [1.82, 2.24) is 4.98 Å². The molecular weight excluding hydrogens is 306 g/mol. The average Bonchev–Trinajstić information content (AvgIpc) is 2.59. The fraction of sp³-hybridized carbons (Fsp3) is 0.263. The maximum absolute atomic E-state index is 11.1. The zero-order valence-electron chi connectivity index (χ0n) is 13.2. The van der Waals surface area contributed by atoms with Crippen LogP contribution in [0, 0.1) is 0 Å². The number of rotatable bonds is 8. The van der Waals surface area contributed by atoms with Gasteiger partial charge in [0, 0.05) is 18.0 Å². The van der Waals surface area contributed by atoms with E-state index in [9.17, 15) is 4.79 Å². The van der Waals surface area contributed by atoms with Crippen LogP contribution < -0.4 is 0 Å². The van der Waals surface area contributed by atoms with E-state index in [2.05, 4.69) is 23.2 Å². The number of allylic oxidation sites excluding steroid dienone is 1. The molecule has 0 aliphatic heterocycles. The van der Waals surface area contributed by atoms with Gasteiger partial charge in [-0.25, -0.2) is 0 Å². The Balaban J connectivity index is 2.11. The van der Waals surface area contributed by atoms with Crippen LogP contribution in [0.2, 0.25) is 0 Å². The molecule has 1 N–H and O–H groups in total. The van der Waals surface area contributed by atoms with Crippen LogP contribution >= 0.6 is 11.8 Å². The molecular formula is C19H21NO2S. The second-order valence-electron chi connectivity index (χ2n) is 5.22. The fourth-order valence-corrected chi connectivity index (χ4v) is 3.04. The summed E-state index contributed by atoms with van der Waals surface area (Å²) in [5.41, 5.74) is 3.38. The van der Waals surface area contributed by atoms with E-state index in [0.29, 0.717) is 6.42 Å². The minimum absolute atomic E-state index is 0.318. The number of carboxylic acids is 1. The van der Waals surface area contributed by atoms with Crippen LogP contribution in [-0.2, 0) is 4.79 Å². The van der Waals surface area contributed by atoms with Gasteiger partial charge in [-0.2, -0.15) is 11.8 Å². The van der Waals surface area contributed by atoms with E-state index >= 15 is 0 Å². The maximum Gasteiger partial charge on any atom is 0.316 e. The first-order valence-corrected chi connectivity index (χ1v) is 8.92. The zero-order valence-corrected chi connectivity index (χ0v) is 14.0. The Morgan fingerprint density at radius 3 is 2.57 bits per heavy atom. The van der Waals surface area contributed by atoms with Crippen LogP contribution in [0.15, 0.2) is 60.9 Å². The molecule has 0 amide bonds. The SMILES string of the molecule is CSC(CCC/C=C(\c1ccccc1)c1cccnc1)C(=O)O. The van der Waals surface area contributed by atoms with Gasteiger partial charge in [-0.15, -0.1) is 0 Å². The summed E-state index contributed by atoms with van der Waals surface area (Å²) < 4.78 is 0. The highest BCUT2D eigenvalue weighted by molar-refractivity contribution is 7.99. The Bertz CT molecular complexity index is 599.